The number of hydrogen-bond donors (Lipinski definition) is 2. The van der Waals surface area contributed by atoms with Gasteiger partial charge in [-0.1, -0.05) is 17.7 Å². The number of rotatable bonds is 4. The molecule has 0 unspecified atom stereocenters. The van der Waals surface area contributed by atoms with Crippen LogP contribution in [0.25, 0.3) is 0 Å². The smallest absolute Gasteiger partial charge is 0.321 e. The molecule has 3 rings (SSSR count). The maximum atomic E-state index is 12.4. The second kappa shape index (κ2) is 8.36. The number of carbonyl (C=O) groups excluding carboxylic acids is 1. The molecular formula is C18H26ClN3O3. The van der Waals surface area contributed by atoms with Gasteiger partial charge in [-0.25, -0.2) is 4.79 Å². The molecule has 2 fully saturated rings. The van der Waals surface area contributed by atoms with E-state index < -0.39 is 6.10 Å². The Labute approximate surface area is 153 Å². The summed E-state index contributed by atoms with van der Waals surface area (Å²) < 4.78 is 5.54. The third-order valence-corrected chi connectivity index (χ3v) is 5.33. The SMILES string of the molecule is Cc1ccc(NC(=O)N2CCN(C[C@@H](O)[C@H]3CCCO3)CC2)cc1Cl. The number of nitrogens with one attached hydrogen (secondary N) is 1. The van der Waals surface area contributed by atoms with E-state index >= 15 is 0 Å². The first-order valence-electron chi connectivity index (χ1n) is 8.87. The van der Waals surface area contributed by atoms with Crippen LogP contribution in [0.4, 0.5) is 10.5 Å². The fourth-order valence-corrected chi connectivity index (χ4v) is 3.48. The van der Waals surface area contributed by atoms with Crippen molar-refractivity contribution < 1.29 is 14.6 Å². The van der Waals surface area contributed by atoms with Crippen molar-refractivity contribution in [1.29, 1.82) is 0 Å². The quantitative estimate of drug-likeness (QED) is 0.857. The summed E-state index contributed by atoms with van der Waals surface area (Å²) in [6.07, 6.45) is 1.48. The van der Waals surface area contributed by atoms with E-state index in [-0.39, 0.29) is 12.1 Å². The van der Waals surface area contributed by atoms with E-state index in [2.05, 4.69) is 10.2 Å². The molecule has 0 radical (unpaired) electrons. The van der Waals surface area contributed by atoms with Gasteiger partial charge in [0.05, 0.1) is 12.2 Å². The number of piperazine rings is 1. The minimum atomic E-state index is -0.447. The van der Waals surface area contributed by atoms with Crippen LogP contribution in [0.5, 0.6) is 0 Å². The highest BCUT2D eigenvalue weighted by atomic mass is 35.5. The number of aliphatic hydroxyl groups excluding tert-OH is 1. The Kier molecular flexibility index (Phi) is 6.17. The molecule has 0 aromatic heterocycles. The van der Waals surface area contributed by atoms with Gasteiger partial charge in [-0.2, -0.15) is 0 Å². The molecular weight excluding hydrogens is 342 g/mol. The predicted molar refractivity (Wildman–Crippen MR) is 98.2 cm³/mol. The predicted octanol–water partition coefficient (Wildman–Crippen LogP) is 2.34. The molecule has 7 heteroatoms. The summed E-state index contributed by atoms with van der Waals surface area (Å²) in [4.78, 5) is 16.4. The molecule has 0 spiro atoms. The molecule has 2 aliphatic rings. The Morgan fingerprint density at radius 1 is 1.40 bits per heavy atom. The van der Waals surface area contributed by atoms with Gasteiger partial charge in [-0.05, 0) is 37.5 Å². The number of anilines is 1. The number of ether oxygens (including phenoxy) is 1. The normalized spacial score (nSPS) is 22.8. The molecule has 6 nitrogen and oxygen atoms in total. The fourth-order valence-electron chi connectivity index (χ4n) is 3.29. The fraction of sp³-hybridized carbons (Fsp3) is 0.611. The average molecular weight is 368 g/mol. The van der Waals surface area contributed by atoms with Crippen LogP contribution < -0.4 is 5.32 Å². The van der Waals surface area contributed by atoms with Gasteiger partial charge in [-0.3, -0.25) is 4.90 Å². The third-order valence-electron chi connectivity index (χ3n) is 4.92. The Bertz CT molecular complexity index is 599. The highest BCUT2D eigenvalue weighted by molar-refractivity contribution is 6.31. The molecule has 0 bridgehead atoms. The van der Waals surface area contributed by atoms with Crippen LogP contribution in [0.1, 0.15) is 18.4 Å². The molecule has 2 atom stereocenters. The molecule has 2 heterocycles. The van der Waals surface area contributed by atoms with Crippen molar-refractivity contribution in [1.82, 2.24) is 9.80 Å². The van der Waals surface area contributed by atoms with Crippen molar-refractivity contribution in [3.8, 4) is 0 Å². The van der Waals surface area contributed by atoms with Crippen molar-refractivity contribution in [2.75, 3.05) is 44.6 Å². The maximum absolute atomic E-state index is 12.4. The van der Waals surface area contributed by atoms with Gasteiger partial charge in [0.25, 0.3) is 0 Å². The highest BCUT2D eigenvalue weighted by Crippen LogP contribution is 2.21. The van der Waals surface area contributed by atoms with E-state index in [1.165, 1.54) is 0 Å². The molecule has 1 aromatic rings. The third kappa shape index (κ3) is 4.85. The zero-order chi connectivity index (χ0) is 17.8. The number of hydrogen-bond acceptors (Lipinski definition) is 4. The van der Waals surface area contributed by atoms with Gasteiger partial charge in [0.1, 0.15) is 0 Å². The van der Waals surface area contributed by atoms with E-state index in [1.807, 2.05) is 19.1 Å². The topological polar surface area (TPSA) is 65.0 Å². The molecule has 2 aliphatic heterocycles. The molecule has 0 aliphatic carbocycles. The molecule has 138 valence electrons. The van der Waals surface area contributed by atoms with E-state index in [4.69, 9.17) is 16.3 Å². The minimum absolute atomic E-state index is 0.0346. The number of urea groups is 1. The van der Waals surface area contributed by atoms with Crippen molar-refractivity contribution in [2.45, 2.75) is 32.0 Å². The van der Waals surface area contributed by atoms with Gasteiger partial charge in [0.2, 0.25) is 0 Å². The molecule has 1 aromatic carbocycles. The lowest BCUT2D eigenvalue weighted by Gasteiger charge is -2.36. The Morgan fingerprint density at radius 3 is 2.80 bits per heavy atom. The average Bonchev–Trinajstić information content (AvgIpc) is 3.13. The summed E-state index contributed by atoms with van der Waals surface area (Å²) in [5.74, 6) is 0. The summed E-state index contributed by atoms with van der Waals surface area (Å²) >= 11 is 6.10. The van der Waals surface area contributed by atoms with Crippen LogP contribution >= 0.6 is 11.6 Å². The van der Waals surface area contributed by atoms with Crippen molar-refractivity contribution in [2.24, 2.45) is 0 Å². The number of amides is 2. The van der Waals surface area contributed by atoms with E-state index in [0.29, 0.717) is 30.3 Å². The standard InChI is InChI=1S/C18H26ClN3O3/c1-13-4-5-14(11-15(13)19)20-18(24)22-8-6-21(7-9-22)12-16(23)17-3-2-10-25-17/h4-5,11,16-17,23H,2-3,6-10,12H2,1H3,(H,20,24)/t16-,17-/m1/s1. The van der Waals surface area contributed by atoms with Crippen LogP contribution in [0.3, 0.4) is 0 Å². The Balaban J connectivity index is 1.44. The van der Waals surface area contributed by atoms with Gasteiger partial charge in [0, 0.05) is 50.0 Å². The number of benzene rings is 1. The molecule has 0 saturated carbocycles. The summed E-state index contributed by atoms with van der Waals surface area (Å²) in [6.45, 7) is 6.08. The summed E-state index contributed by atoms with van der Waals surface area (Å²) in [5, 5.41) is 13.8. The summed E-state index contributed by atoms with van der Waals surface area (Å²) in [5.41, 5.74) is 1.69. The van der Waals surface area contributed by atoms with Crippen LogP contribution in [-0.4, -0.2) is 72.5 Å². The zero-order valence-electron chi connectivity index (χ0n) is 14.6. The first-order chi connectivity index (χ1) is 12.0. The van der Waals surface area contributed by atoms with Crippen molar-refractivity contribution in [3.63, 3.8) is 0 Å². The van der Waals surface area contributed by atoms with Crippen LogP contribution in [0.2, 0.25) is 5.02 Å². The lowest BCUT2D eigenvalue weighted by atomic mass is 10.1. The van der Waals surface area contributed by atoms with Crippen LogP contribution in [-0.2, 0) is 4.74 Å². The zero-order valence-corrected chi connectivity index (χ0v) is 15.3. The molecule has 2 amide bonds. The number of aliphatic hydroxyl groups is 1. The highest BCUT2D eigenvalue weighted by Gasteiger charge is 2.28. The lowest BCUT2D eigenvalue weighted by molar-refractivity contribution is -0.0229. The molecule has 2 N–H and O–H groups in total. The monoisotopic (exact) mass is 367 g/mol. The van der Waals surface area contributed by atoms with E-state index in [0.717, 1.165) is 38.1 Å². The number of nitrogens with zero attached hydrogens (tertiary/aromatic N) is 2. The number of carbonyl (C=O) groups is 1. The van der Waals surface area contributed by atoms with Gasteiger partial charge < -0.3 is 20.1 Å². The maximum Gasteiger partial charge on any atom is 0.321 e. The van der Waals surface area contributed by atoms with Crippen molar-refractivity contribution in [3.05, 3.63) is 28.8 Å². The van der Waals surface area contributed by atoms with Crippen LogP contribution in [0.15, 0.2) is 18.2 Å². The Morgan fingerprint density at radius 2 is 2.16 bits per heavy atom. The van der Waals surface area contributed by atoms with Gasteiger partial charge >= 0.3 is 6.03 Å². The van der Waals surface area contributed by atoms with E-state index in [1.54, 1.807) is 11.0 Å². The molecule has 25 heavy (non-hydrogen) atoms. The minimum Gasteiger partial charge on any atom is -0.389 e. The first-order valence-corrected chi connectivity index (χ1v) is 9.25. The number of aryl methyl sites for hydroxylation is 1. The number of halogens is 1. The summed E-state index contributed by atoms with van der Waals surface area (Å²) in [6, 6.07) is 5.40. The first kappa shape index (κ1) is 18.5. The summed E-state index contributed by atoms with van der Waals surface area (Å²) in [7, 11) is 0. The van der Waals surface area contributed by atoms with Gasteiger partial charge in [-0.15, -0.1) is 0 Å². The second-order valence-corrected chi connectivity index (χ2v) is 7.21. The second-order valence-electron chi connectivity index (χ2n) is 6.80. The Hall–Kier alpha value is -1.34. The van der Waals surface area contributed by atoms with Crippen LogP contribution in [0, 0.1) is 6.92 Å². The van der Waals surface area contributed by atoms with Crippen molar-refractivity contribution >= 4 is 23.3 Å². The van der Waals surface area contributed by atoms with E-state index in [9.17, 15) is 9.90 Å². The lowest BCUT2D eigenvalue weighted by Crippen LogP contribution is -2.52. The van der Waals surface area contributed by atoms with Gasteiger partial charge in [0.15, 0.2) is 0 Å². The number of β-amino-alcohol motifs (C(OH)–C–C–N with tert-alkyl or cyclic N) is 1. The molecule has 2 saturated heterocycles. The largest absolute Gasteiger partial charge is 0.389 e.